The van der Waals surface area contributed by atoms with Crippen LogP contribution < -0.4 is 0 Å². The molecule has 7 nitrogen and oxygen atoms in total. The number of methoxy groups -OCH3 is 1. The molecule has 5 rings (SSSR count). The van der Waals surface area contributed by atoms with E-state index >= 15 is 0 Å². The van der Waals surface area contributed by atoms with Crippen molar-refractivity contribution >= 4 is 29.4 Å². The van der Waals surface area contributed by atoms with Crippen molar-refractivity contribution in [2.75, 3.05) is 26.7 Å². The fourth-order valence-corrected chi connectivity index (χ4v) is 6.37. The van der Waals surface area contributed by atoms with Gasteiger partial charge < -0.3 is 19.6 Å². The molecule has 1 saturated heterocycles. The van der Waals surface area contributed by atoms with Gasteiger partial charge in [-0.05, 0) is 62.1 Å². The molecular formula is C26H31ClN2O5. The van der Waals surface area contributed by atoms with Crippen molar-refractivity contribution in [2.24, 2.45) is 16.7 Å². The molecule has 0 radical (unpaired) electrons. The average molecular weight is 487 g/mol. The quantitative estimate of drug-likeness (QED) is 0.518. The number of fused-ring (bicyclic) bond motifs is 1. The third kappa shape index (κ3) is 3.69. The lowest BCUT2D eigenvalue weighted by atomic mass is 9.69. The van der Waals surface area contributed by atoms with E-state index < -0.39 is 23.3 Å². The van der Waals surface area contributed by atoms with Crippen LogP contribution in [-0.4, -0.2) is 59.4 Å². The second-order valence-corrected chi connectivity index (χ2v) is 11.0. The number of allylic oxidation sites excluding steroid dienone is 2. The lowest BCUT2D eigenvalue weighted by molar-refractivity contribution is -0.162. The lowest BCUT2D eigenvalue weighted by Gasteiger charge is -2.44. The van der Waals surface area contributed by atoms with Crippen LogP contribution >= 0.6 is 11.6 Å². The molecule has 2 amide bonds. The van der Waals surface area contributed by atoms with Crippen molar-refractivity contribution in [3.8, 4) is 5.75 Å². The minimum atomic E-state index is -0.969. The maximum Gasteiger partial charge on any atom is 0.312 e. The number of amides is 2. The van der Waals surface area contributed by atoms with E-state index in [1.165, 1.54) is 7.11 Å². The molecule has 1 spiro atoms. The predicted molar refractivity (Wildman–Crippen MR) is 126 cm³/mol. The maximum atomic E-state index is 14.1. The van der Waals surface area contributed by atoms with Gasteiger partial charge in [-0.1, -0.05) is 23.8 Å². The van der Waals surface area contributed by atoms with E-state index in [4.69, 9.17) is 16.3 Å². The van der Waals surface area contributed by atoms with Crippen LogP contribution in [0.1, 0.15) is 56.2 Å². The molecule has 34 heavy (non-hydrogen) atoms. The summed E-state index contributed by atoms with van der Waals surface area (Å²) in [5.41, 5.74) is 0.561. The van der Waals surface area contributed by atoms with E-state index in [1.807, 2.05) is 17.1 Å². The molecule has 2 fully saturated rings. The number of hydrogen-bond donors (Lipinski definition) is 1. The zero-order valence-corrected chi connectivity index (χ0v) is 20.4. The minimum Gasteiger partial charge on any atom is -0.508 e. The number of benzene rings is 1. The number of carbonyl (C=O) groups is 3. The summed E-state index contributed by atoms with van der Waals surface area (Å²) in [4.78, 5) is 43.2. The van der Waals surface area contributed by atoms with Crippen LogP contribution in [0.25, 0.3) is 0 Å². The zero-order chi connectivity index (χ0) is 24.3. The highest BCUT2D eigenvalue weighted by Crippen LogP contribution is 2.54. The summed E-state index contributed by atoms with van der Waals surface area (Å²) < 4.78 is 5.08. The first kappa shape index (κ1) is 23.2. The van der Waals surface area contributed by atoms with Crippen LogP contribution in [0.2, 0.25) is 5.02 Å². The highest BCUT2D eigenvalue weighted by atomic mass is 35.5. The van der Waals surface area contributed by atoms with Crippen molar-refractivity contribution in [2.45, 2.75) is 51.5 Å². The molecule has 1 saturated carbocycles. The SMILES string of the molecule is COC(=O)[C@@]1(C)CC=CC[C@H]1C(=O)N1CCc2c(Cl)ccc(O)c2[C@H]1CN1CC2(CC2)CC1=O. The predicted octanol–water partition coefficient (Wildman–Crippen LogP) is 3.63. The summed E-state index contributed by atoms with van der Waals surface area (Å²) >= 11 is 6.50. The molecule has 0 unspecified atom stereocenters. The Morgan fingerprint density at radius 3 is 2.71 bits per heavy atom. The Labute approximate surface area is 204 Å². The van der Waals surface area contributed by atoms with E-state index in [1.54, 1.807) is 24.0 Å². The third-order valence-corrected chi connectivity index (χ3v) is 8.78. The number of halogens is 1. The van der Waals surface area contributed by atoms with Gasteiger partial charge >= 0.3 is 5.97 Å². The van der Waals surface area contributed by atoms with E-state index in [0.29, 0.717) is 55.9 Å². The van der Waals surface area contributed by atoms with Crippen molar-refractivity contribution in [3.63, 3.8) is 0 Å². The molecule has 0 bridgehead atoms. The summed E-state index contributed by atoms with van der Waals surface area (Å²) in [6, 6.07) is 2.70. The number of hydrogen-bond acceptors (Lipinski definition) is 5. The number of esters is 1. The Bertz CT molecular complexity index is 1080. The molecule has 2 aliphatic heterocycles. The molecule has 4 aliphatic rings. The minimum absolute atomic E-state index is 0.0777. The van der Waals surface area contributed by atoms with E-state index in [0.717, 1.165) is 18.4 Å². The number of carbonyl (C=O) groups excluding carboxylic acids is 3. The molecule has 0 aromatic heterocycles. The Balaban J connectivity index is 1.52. The topological polar surface area (TPSA) is 87.2 Å². The van der Waals surface area contributed by atoms with Gasteiger partial charge in [0.25, 0.3) is 0 Å². The van der Waals surface area contributed by atoms with Gasteiger partial charge in [0.05, 0.1) is 24.5 Å². The zero-order valence-electron chi connectivity index (χ0n) is 19.7. The Hall–Kier alpha value is -2.54. The van der Waals surface area contributed by atoms with Crippen LogP contribution in [0, 0.1) is 16.7 Å². The van der Waals surface area contributed by atoms with Crippen LogP contribution in [0.3, 0.4) is 0 Å². The van der Waals surface area contributed by atoms with E-state index in [-0.39, 0.29) is 23.0 Å². The van der Waals surface area contributed by atoms with Crippen molar-refractivity contribution in [1.29, 1.82) is 0 Å². The van der Waals surface area contributed by atoms with Crippen LogP contribution in [-0.2, 0) is 25.5 Å². The molecule has 8 heteroatoms. The number of aromatic hydroxyl groups is 1. The Kier molecular flexibility index (Phi) is 5.66. The molecule has 1 aromatic rings. The van der Waals surface area contributed by atoms with Gasteiger partial charge in [-0.25, -0.2) is 0 Å². The second-order valence-electron chi connectivity index (χ2n) is 10.6. The van der Waals surface area contributed by atoms with Crippen LogP contribution in [0.5, 0.6) is 5.75 Å². The lowest BCUT2D eigenvalue weighted by Crippen LogP contribution is -2.52. The first-order chi connectivity index (χ1) is 16.2. The molecule has 1 aromatic carbocycles. The smallest absolute Gasteiger partial charge is 0.312 e. The number of phenolic OH excluding ortho intramolecular Hbond substituents is 1. The largest absolute Gasteiger partial charge is 0.508 e. The fraction of sp³-hybridized carbons (Fsp3) is 0.577. The normalized spacial score (nSPS) is 29.3. The average Bonchev–Trinajstić information content (AvgIpc) is 3.50. The first-order valence-electron chi connectivity index (χ1n) is 12.0. The van der Waals surface area contributed by atoms with Crippen LogP contribution in [0.15, 0.2) is 24.3 Å². The number of rotatable bonds is 4. The number of phenols is 1. The monoisotopic (exact) mass is 486 g/mol. The summed E-state index contributed by atoms with van der Waals surface area (Å²) in [6.07, 6.45) is 7.89. The van der Waals surface area contributed by atoms with Crippen LogP contribution in [0.4, 0.5) is 0 Å². The number of nitrogens with zero attached hydrogens (tertiary/aromatic N) is 2. The van der Waals surface area contributed by atoms with E-state index in [2.05, 4.69) is 0 Å². The van der Waals surface area contributed by atoms with Gasteiger partial charge in [-0.3, -0.25) is 14.4 Å². The van der Waals surface area contributed by atoms with Gasteiger partial charge in [-0.15, -0.1) is 0 Å². The molecule has 182 valence electrons. The molecule has 1 N–H and O–H groups in total. The summed E-state index contributed by atoms with van der Waals surface area (Å²) in [5.74, 6) is -0.965. The molecule has 3 atom stereocenters. The highest BCUT2D eigenvalue weighted by Gasteiger charge is 2.53. The standard InChI is InChI=1S/C26H31ClN2O5/c1-25(24(33)34-2)9-4-3-5-17(25)23(32)29-12-8-16-18(27)6-7-20(30)22(16)19(29)14-28-15-26(10-11-26)13-21(28)31/h3-4,6-7,17,19,30H,5,8-15H2,1-2H3/t17-,19+,25-/m0/s1. The van der Waals surface area contributed by atoms with Gasteiger partial charge in [0.1, 0.15) is 5.75 Å². The summed E-state index contributed by atoms with van der Waals surface area (Å²) in [6.45, 7) is 3.19. The van der Waals surface area contributed by atoms with Crippen molar-refractivity contribution in [1.82, 2.24) is 9.80 Å². The van der Waals surface area contributed by atoms with Gasteiger partial charge in [-0.2, -0.15) is 0 Å². The molecule has 2 heterocycles. The van der Waals surface area contributed by atoms with Gasteiger partial charge in [0.15, 0.2) is 0 Å². The van der Waals surface area contributed by atoms with Crippen molar-refractivity contribution < 1.29 is 24.2 Å². The van der Waals surface area contributed by atoms with E-state index in [9.17, 15) is 19.5 Å². The maximum absolute atomic E-state index is 14.1. The Morgan fingerprint density at radius 1 is 1.26 bits per heavy atom. The Morgan fingerprint density at radius 2 is 2.03 bits per heavy atom. The van der Waals surface area contributed by atoms with Gasteiger partial charge in [0, 0.05) is 36.6 Å². The highest BCUT2D eigenvalue weighted by molar-refractivity contribution is 6.31. The van der Waals surface area contributed by atoms with Gasteiger partial charge in [0.2, 0.25) is 11.8 Å². The number of likely N-dealkylation sites (tertiary alicyclic amines) is 1. The number of ether oxygens (including phenoxy) is 1. The van der Waals surface area contributed by atoms with Crippen molar-refractivity contribution in [3.05, 3.63) is 40.4 Å². The third-order valence-electron chi connectivity index (χ3n) is 8.43. The summed E-state index contributed by atoms with van der Waals surface area (Å²) in [5, 5.41) is 11.4. The second kappa shape index (κ2) is 8.29. The first-order valence-corrected chi connectivity index (χ1v) is 12.4. The molecular weight excluding hydrogens is 456 g/mol. The summed E-state index contributed by atoms with van der Waals surface area (Å²) in [7, 11) is 1.35. The molecule has 2 aliphatic carbocycles. The fourth-order valence-electron chi connectivity index (χ4n) is 6.11.